The highest BCUT2D eigenvalue weighted by Crippen LogP contribution is 2.32. The van der Waals surface area contributed by atoms with E-state index in [4.69, 9.17) is 5.73 Å². The number of hydrogen-bond donors (Lipinski definition) is 1. The zero-order chi connectivity index (χ0) is 15.8. The largest absolute Gasteiger partial charge is 0.416 e. The van der Waals surface area contributed by atoms with Gasteiger partial charge in [-0.25, -0.2) is 4.39 Å². The summed E-state index contributed by atoms with van der Waals surface area (Å²) in [5, 5.41) is 0. The van der Waals surface area contributed by atoms with Crippen molar-refractivity contribution in [3.63, 3.8) is 0 Å². The van der Waals surface area contributed by atoms with Crippen LogP contribution in [-0.2, 0) is 6.18 Å². The second kappa shape index (κ2) is 5.77. The van der Waals surface area contributed by atoms with Crippen LogP contribution in [0.4, 0.5) is 17.6 Å². The molecule has 0 aliphatic rings. The number of rotatable bonds is 2. The molecule has 0 aromatic heterocycles. The van der Waals surface area contributed by atoms with Gasteiger partial charge in [0.1, 0.15) is 5.82 Å². The number of halogens is 5. The Bertz CT molecular complexity index is 667. The molecular weight excluding hydrogens is 350 g/mol. The highest BCUT2D eigenvalue weighted by atomic mass is 79.9. The fourth-order valence-electron chi connectivity index (χ4n) is 2.09. The standard InChI is InChI=1S/C15H12BrF4N/c1-8-6-10(15(18,19)20)3-4-11(8)14(21)9-2-5-12(16)13(17)7-9/h2-7,14H,21H2,1H3. The van der Waals surface area contributed by atoms with Crippen LogP contribution >= 0.6 is 15.9 Å². The molecule has 0 heterocycles. The monoisotopic (exact) mass is 361 g/mol. The minimum Gasteiger partial charge on any atom is -0.320 e. The molecular formula is C15H12BrF4N. The third kappa shape index (κ3) is 3.44. The van der Waals surface area contributed by atoms with Gasteiger partial charge in [0.05, 0.1) is 16.1 Å². The average molecular weight is 362 g/mol. The van der Waals surface area contributed by atoms with E-state index in [0.29, 0.717) is 21.2 Å². The first-order valence-electron chi connectivity index (χ1n) is 6.08. The average Bonchev–Trinajstić information content (AvgIpc) is 2.40. The molecule has 112 valence electrons. The summed E-state index contributed by atoms with van der Waals surface area (Å²) in [6.45, 7) is 1.56. The van der Waals surface area contributed by atoms with Gasteiger partial charge in [-0.2, -0.15) is 13.2 Å². The van der Waals surface area contributed by atoms with E-state index in [-0.39, 0.29) is 0 Å². The SMILES string of the molecule is Cc1cc(C(F)(F)F)ccc1C(N)c1ccc(Br)c(F)c1. The molecule has 0 radical (unpaired) electrons. The van der Waals surface area contributed by atoms with Gasteiger partial charge < -0.3 is 5.73 Å². The number of nitrogens with two attached hydrogens (primary N) is 1. The smallest absolute Gasteiger partial charge is 0.320 e. The number of aryl methyl sites for hydroxylation is 1. The summed E-state index contributed by atoms with van der Waals surface area (Å²) < 4.78 is 51.7. The lowest BCUT2D eigenvalue weighted by Crippen LogP contribution is -2.15. The van der Waals surface area contributed by atoms with Crippen LogP contribution < -0.4 is 5.73 Å². The maximum Gasteiger partial charge on any atom is 0.416 e. The van der Waals surface area contributed by atoms with Crippen molar-refractivity contribution < 1.29 is 17.6 Å². The minimum atomic E-state index is -4.39. The van der Waals surface area contributed by atoms with Crippen LogP contribution in [0.2, 0.25) is 0 Å². The minimum absolute atomic E-state index is 0.308. The van der Waals surface area contributed by atoms with Crippen molar-refractivity contribution in [2.75, 3.05) is 0 Å². The molecule has 6 heteroatoms. The van der Waals surface area contributed by atoms with Crippen molar-refractivity contribution in [2.24, 2.45) is 5.73 Å². The normalized spacial score (nSPS) is 13.3. The van der Waals surface area contributed by atoms with Crippen molar-refractivity contribution >= 4 is 15.9 Å². The van der Waals surface area contributed by atoms with Crippen LogP contribution in [-0.4, -0.2) is 0 Å². The number of alkyl halides is 3. The third-order valence-electron chi connectivity index (χ3n) is 3.23. The highest BCUT2D eigenvalue weighted by Gasteiger charge is 2.31. The van der Waals surface area contributed by atoms with Crippen LogP contribution in [0.15, 0.2) is 40.9 Å². The predicted octanol–water partition coefficient (Wildman–Crippen LogP) is 4.96. The van der Waals surface area contributed by atoms with Gasteiger partial charge in [0, 0.05) is 0 Å². The van der Waals surface area contributed by atoms with Gasteiger partial charge in [-0.15, -0.1) is 0 Å². The van der Waals surface area contributed by atoms with Crippen LogP contribution in [0.5, 0.6) is 0 Å². The van der Waals surface area contributed by atoms with Gasteiger partial charge in [0.25, 0.3) is 0 Å². The summed E-state index contributed by atoms with van der Waals surface area (Å²) in [4.78, 5) is 0. The molecule has 1 nitrogen and oxygen atoms in total. The number of hydrogen-bond acceptors (Lipinski definition) is 1. The van der Waals surface area contributed by atoms with E-state index in [1.54, 1.807) is 13.0 Å². The van der Waals surface area contributed by atoms with E-state index in [1.165, 1.54) is 18.2 Å². The van der Waals surface area contributed by atoms with Crippen LogP contribution in [0.3, 0.4) is 0 Å². The molecule has 0 aliphatic heterocycles. The Kier molecular flexibility index (Phi) is 4.39. The fraction of sp³-hybridized carbons (Fsp3) is 0.200. The van der Waals surface area contributed by atoms with Gasteiger partial charge >= 0.3 is 6.18 Å². The molecule has 2 rings (SSSR count). The third-order valence-corrected chi connectivity index (χ3v) is 3.88. The lowest BCUT2D eigenvalue weighted by atomic mass is 9.94. The van der Waals surface area contributed by atoms with Gasteiger partial charge in [0.2, 0.25) is 0 Å². The molecule has 0 amide bonds. The van der Waals surface area contributed by atoms with Crippen LogP contribution in [0.25, 0.3) is 0 Å². The molecule has 0 fully saturated rings. The van der Waals surface area contributed by atoms with E-state index in [1.807, 2.05) is 0 Å². The van der Waals surface area contributed by atoms with Crippen LogP contribution in [0.1, 0.15) is 28.3 Å². The molecule has 0 bridgehead atoms. The van der Waals surface area contributed by atoms with Crippen molar-refractivity contribution in [3.8, 4) is 0 Å². The summed E-state index contributed by atoms with van der Waals surface area (Å²) in [5.41, 5.74) is 6.76. The molecule has 1 unspecified atom stereocenters. The van der Waals surface area contributed by atoms with Crippen molar-refractivity contribution in [1.29, 1.82) is 0 Å². The Labute approximate surface area is 127 Å². The molecule has 0 saturated heterocycles. The van der Waals surface area contributed by atoms with Crippen molar-refractivity contribution in [3.05, 3.63) is 68.9 Å². The molecule has 21 heavy (non-hydrogen) atoms. The first-order valence-corrected chi connectivity index (χ1v) is 6.87. The second-order valence-corrected chi connectivity index (χ2v) is 5.57. The molecule has 0 spiro atoms. The Hall–Kier alpha value is -1.40. The lowest BCUT2D eigenvalue weighted by Gasteiger charge is -2.17. The summed E-state index contributed by atoms with van der Waals surface area (Å²) in [5.74, 6) is -0.465. The van der Waals surface area contributed by atoms with Crippen molar-refractivity contribution in [2.45, 2.75) is 19.1 Å². The quantitative estimate of drug-likeness (QED) is 0.751. The molecule has 0 aliphatic carbocycles. The van der Waals surface area contributed by atoms with E-state index in [9.17, 15) is 17.6 Å². The Morgan fingerprint density at radius 2 is 1.76 bits per heavy atom. The zero-order valence-corrected chi connectivity index (χ0v) is 12.6. The summed E-state index contributed by atoms with van der Waals surface area (Å²) in [7, 11) is 0. The maximum absolute atomic E-state index is 13.5. The topological polar surface area (TPSA) is 26.0 Å². The van der Waals surface area contributed by atoms with E-state index in [0.717, 1.165) is 12.1 Å². The van der Waals surface area contributed by atoms with Gasteiger partial charge in [-0.3, -0.25) is 0 Å². The van der Waals surface area contributed by atoms with Crippen LogP contribution in [0, 0.1) is 12.7 Å². The van der Waals surface area contributed by atoms with E-state index in [2.05, 4.69) is 15.9 Å². The molecule has 1 atom stereocenters. The molecule has 0 saturated carbocycles. The van der Waals surface area contributed by atoms with Crippen molar-refractivity contribution in [1.82, 2.24) is 0 Å². The maximum atomic E-state index is 13.5. The van der Waals surface area contributed by atoms with E-state index < -0.39 is 23.6 Å². The Morgan fingerprint density at radius 3 is 2.29 bits per heavy atom. The summed E-state index contributed by atoms with van der Waals surface area (Å²) in [6.07, 6.45) is -4.39. The Morgan fingerprint density at radius 1 is 1.10 bits per heavy atom. The van der Waals surface area contributed by atoms with E-state index >= 15 is 0 Å². The lowest BCUT2D eigenvalue weighted by molar-refractivity contribution is -0.137. The zero-order valence-electron chi connectivity index (χ0n) is 11.0. The predicted molar refractivity (Wildman–Crippen MR) is 76.3 cm³/mol. The fourth-order valence-corrected chi connectivity index (χ4v) is 2.33. The van der Waals surface area contributed by atoms with Gasteiger partial charge in [-0.1, -0.05) is 12.1 Å². The molecule has 2 aromatic carbocycles. The summed E-state index contributed by atoms with van der Waals surface area (Å²) >= 11 is 3.04. The molecule has 2 N–H and O–H groups in total. The first kappa shape index (κ1) is 16.0. The Balaban J connectivity index is 2.39. The van der Waals surface area contributed by atoms with Gasteiger partial charge in [-0.05, 0) is 63.8 Å². The highest BCUT2D eigenvalue weighted by molar-refractivity contribution is 9.10. The number of benzene rings is 2. The van der Waals surface area contributed by atoms with Gasteiger partial charge in [0.15, 0.2) is 0 Å². The first-order chi connectivity index (χ1) is 9.70. The summed E-state index contributed by atoms with van der Waals surface area (Å²) in [6, 6.07) is 7.10. The molecule has 2 aromatic rings. The second-order valence-electron chi connectivity index (χ2n) is 4.72.